The van der Waals surface area contributed by atoms with Gasteiger partial charge in [0.05, 0.1) is 18.7 Å². The van der Waals surface area contributed by atoms with Gasteiger partial charge >= 0.3 is 5.97 Å². The first-order valence-corrected chi connectivity index (χ1v) is 17.9. The van der Waals surface area contributed by atoms with Gasteiger partial charge in [0.1, 0.15) is 29.2 Å². The molecule has 1 aliphatic heterocycles. The quantitative estimate of drug-likeness (QED) is 0.165. The third kappa shape index (κ3) is 6.70. The van der Waals surface area contributed by atoms with Crippen molar-refractivity contribution in [3.8, 4) is 22.6 Å². The van der Waals surface area contributed by atoms with E-state index in [1.54, 1.807) is 6.07 Å². The van der Waals surface area contributed by atoms with Gasteiger partial charge in [0.25, 0.3) is 5.91 Å². The van der Waals surface area contributed by atoms with E-state index in [9.17, 15) is 9.59 Å². The zero-order chi connectivity index (χ0) is 36.0. The molecule has 1 fully saturated rings. The van der Waals surface area contributed by atoms with Crippen molar-refractivity contribution in [2.45, 2.75) is 71.2 Å². The Morgan fingerprint density at radius 1 is 1.12 bits per heavy atom. The van der Waals surface area contributed by atoms with E-state index in [2.05, 4.69) is 29.3 Å². The van der Waals surface area contributed by atoms with E-state index in [0.29, 0.717) is 36.8 Å². The Kier molecular flexibility index (Phi) is 9.80. The summed E-state index contributed by atoms with van der Waals surface area (Å²) in [6, 6.07) is 13.6. The zero-order valence-electron chi connectivity index (χ0n) is 29.4. The number of carbonyl (C=O) groups excluding carboxylic acids is 2. The number of hydrogen-bond donors (Lipinski definition) is 2. The van der Waals surface area contributed by atoms with Crippen LogP contribution in [0.4, 0.5) is 10.1 Å². The zero-order valence-corrected chi connectivity index (χ0v) is 30.1. The first-order valence-electron chi connectivity index (χ1n) is 17.5. The van der Waals surface area contributed by atoms with Crippen molar-refractivity contribution >= 4 is 29.2 Å². The number of ether oxygens (including phenoxy) is 3. The number of carbonyl (C=O) groups is 2. The number of anilines is 1. The van der Waals surface area contributed by atoms with Crippen LogP contribution in [-0.2, 0) is 42.5 Å². The van der Waals surface area contributed by atoms with Gasteiger partial charge in [-0.1, -0.05) is 41.9 Å². The summed E-state index contributed by atoms with van der Waals surface area (Å²) in [7, 11) is 3.34. The molecule has 0 bridgehead atoms. The number of methoxy groups -OCH3 is 1. The number of fused-ring (bicyclic) bond motifs is 2. The minimum Gasteiger partial charge on any atom is -0.496 e. The number of aromatic nitrogens is 2. The predicted molar refractivity (Wildman–Crippen MR) is 193 cm³/mol. The van der Waals surface area contributed by atoms with Crippen molar-refractivity contribution in [1.82, 2.24) is 14.5 Å². The number of nitrogens with zero attached hydrogens (tertiary/aromatic N) is 3. The fourth-order valence-corrected chi connectivity index (χ4v) is 7.55. The molecule has 3 N–H and O–H groups in total. The summed E-state index contributed by atoms with van der Waals surface area (Å²) in [5.74, 6) is -0.0817. The Balaban J connectivity index is 1.07. The Hall–Kier alpha value is -4.45. The third-order valence-corrected chi connectivity index (χ3v) is 10.9. The van der Waals surface area contributed by atoms with Gasteiger partial charge in [-0.3, -0.25) is 14.5 Å². The molecule has 1 aromatic heterocycles. The number of nitrogens with one attached hydrogen (secondary N) is 1. The topological polar surface area (TPSA) is 121 Å². The lowest BCUT2D eigenvalue weighted by Crippen LogP contribution is -2.41. The van der Waals surface area contributed by atoms with E-state index < -0.39 is 5.82 Å². The van der Waals surface area contributed by atoms with E-state index in [1.807, 2.05) is 42.8 Å². The molecule has 0 spiro atoms. The number of nitrogens with two attached hydrogens (primary N) is 1. The van der Waals surface area contributed by atoms with Crippen LogP contribution in [0.1, 0.15) is 76.6 Å². The van der Waals surface area contributed by atoms with E-state index in [1.165, 1.54) is 7.11 Å². The molecule has 0 saturated heterocycles. The van der Waals surface area contributed by atoms with Crippen molar-refractivity contribution in [2.75, 3.05) is 25.6 Å². The number of imidazole rings is 1. The van der Waals surface area contributed by atoms with Crippen LogP contribution in [-0.4, -0.2) is 52.6 Å². The Labute approximate surface area is 302 Å². The maximum atomic E-state index is 15.0. The van der Waals surface area contributed by atoms with Crippen molar-refractivity contribution in [3.63, 3.8) is 0 Å². The number of benzene rings is 3. The normalized spacial score (nSPS) is 17.4. The summed E-state index contributed by atoms with van der Waals surface area (Å²) in [6.45, 7) is 5.74. The molecule has 2 atom stereocenters. The molecule has 3 aliphatic rings. The van der Waals surface area contributed by atoms with Crippen molar-refractivity contribution in [3.05, 3.63) is 92.8 Å². The van der Waals surface area contributed by atoms with Crippen LogP contribution in [0.5, 0.6) is 11.5 Å². The van der Waals surface area contributed by atoms with Crippen LogP contribution in [0, 0.1) is 18.7 Å². The maximum absolute atomic E-state index is 15.0. The molecule has 2 unspecified atom stereocenters. The maximum Gasteiger partial charge on any atom is 0.308 e. The SMILES string of the molecule is COc1cc(OC2CCc3c(-c4cccc(NC(=O)c5nc6c(n5C)CCN(C(C)COC(=O)C5CC5)C6)c4C)cccc32)c(Cl)c(F)c1CN. The molecule has 1 amide bonds. The fourth-order valence-electron chi connectivity index (χ4n) is 7.33. The summed E-state index contributed by atoms with van der Waals surface area (Å²) in [4.78, 5) is 32.8. The van der Waals surface area contributed by atoms with Crippen LogP contribution in [0.15, 0.2) is 42.5 Å². The van der Waals surface area contributed by atoms with E-state index >= 15 is 4.39 Å². The van der Waals surface area contributed by atoms with Crippen LogP contribution >= 0.6 is 11.6 Å². The Bertz CT molecular complexity index is 2010. The van der Waals surface area contributed by atoms with Crippen LogP contribution in [0.3, 0.4) is 0 Å². The van der Waals surface area contributed by atoms with Gasteiger partial charge in [-0.05, 0) is 73.4 Å². The third-order valence-electron chi connectivity index (χ3n) is 10.5. The molecule has 2 aliphatic carbocycles. The smallest absolute Gasteiger partial charge is 0.308 e. The predicted octanol–water partition coefficient (Wildman–Crippen LogP) is 6.67. The van der Waals surface area contributed by atoms with Crippen molar-refractivity contribution in [1.29, 1.82) is 0 Å². The van der Waals surface area contributed by atoms with Gasteiger partial charge in [0.2, 0.25) is 0 Å². The lowest BCUT2D eigenvalue weighted by Gasteiger charge is -2.31. The van der Waals surface area contributed by atoms with E-state index in [0.717, 1.165) is 71.4 Å². The van der Waals surface area contributed by atoms with Gasteiger partial charge < -0.3 is 29.8 Å². The lowest BCUT2D eigenvalue weighted by atomic mass is 9.93. The van der Waals surface area contributed by atoms with Gasteiger partial charge in [0, 0.05) is 62.2 Å². The summed E-state index contributed by atoms with van der Waals surface area (Å²) < 4.78 is 34.1. The molecule has 268 valence electrons. The minimum atomic E-state index is -0.638. The molecule has 3 aromatic carbocycles. The monoisotopic (exact) mass is 715 g/mol. The highest BCUT2D eigenvalue weighted by Gasteiger charge is 2.33. The van der Waals surface area contributed by atoms with Gasteiger partial charge in [-0.2, -0.15) is 0 Å². The number of amides is 1. The number of esters is 1. The summed E-state index contributed by atoms with van der Waals surface area (Å²) in [5, 5.41) is 3.00. The van der Waals surface area contributed by atoms with Gasteiger partial charge in [0.15, 0.2) is 11.6 Å². The van der Waals surface area contributed by atoms with Crippen molar-refractivity contribution < 1.29 is 28.2 Å². The average molecular weight is 716 g/mol. The standard InChI is InChI=1S/C39H43ClFN5O5/c1-21(20-50-39(48)23-11-12-23)46-16-15-31-30(19-46)43-37(45(31)3)38(47)44-29-10-6-7-24(22(29)2)25-8-5-9-27-26(25)13-14-32(27)51-34-17-33(49-4)28(18-42)36(41)35(34)40/h5-10,17,21,23,32H,11-16,18-20,42H2,1-4H3,(H,44,47). The molecule has 0 radical (unpaired) electrons. The Morgan fingerprint density at radius 2 is 1.88 bits per heavy atom. The van der Waals surface area contributed by atoms with Crippen LogP contribution in [0.2, 0.25) is 5.02 Å². The number of halogens is 2. The highest BCUT2D eigenvalue weighted by atomic mass is 35.5. The van der Waals surface area contributed by atoms with Crippen LogP contribution in [0.25, 0.3) is 11.1 Å². The first kappa shape index (κ1) is 35.0. The lowest BCUT2D eigenvalue weighted by molar-refractivity contribution is -0.147. The largest absolute Gasteiger partial charge is 0.496 e. The molecule has 4 aromatic rings. The van der Waals surface area contributed by atoms with E-state index in [-0.39, 0.29) is 52.8 Å². The summed E-state index contributed by atoms with van der Waals surface area (Å²) >= 11 is 6.38. The Morgan fingerprint density at radius 3 is 2.63 bits per heavy atom. The molecule has 1 saturated carbocycles. The minimum absolute atomic E-state index is 0.0490. The molecule has 2 heterocycles. The molecule has 10 nitrogen and oxygen atoms in total. The van der Waals surface area contributed by atoms with Gasteiger partial charge in [-0.25, -0.2) is 9.37 Å². The molecular weight excluding hydrogens is 673 g/mol. The number of rotatable bonds is 11. The molecule has 51 heavy (non-hydrogen) atoms. The second-order valence-electron chi connectivity index (χ2n) is 13.7. The molecular formula is C39H43ClFN5O5. The fraction of sp³-hybridized carbons (Fsp3) is 0.410. The summed E-state index contributed by atoms with van der Waals surface area (Å²) in [5.41, 5.74) is 13.6. The first-order chi connectivity index (χ1) is 24.6. The number of hydrogen-bond acceptors (Lipinski definition) is 8. The van der Waals surface area contributed by atoms with Gasteiger partial charge in [-0.15, -0.1) is 0 Å². The second-order valence-corrected chi connectivity index (χ2v) is 14.1. The van der Waals surface area contributed by atoms with Crippen LogP contribution < -0.4 is 20.5 Å². The highest BCUT2D eigenvalue weighted by Crippen LogP contribution is 2.44. The molecule has 7 rings (SSSR count). The second kappa shape index (κ2) is 14.3. The highest BCUT2D eigenvalue weighted by molar-refractivity contribution is 6.32. The average Bonchev–Trinajstić information content (AvgIpc) is 3.83. The van der Waals surface area contributed by atoms with E-state index in [4.69, 9.17) is 36.5 Å². The molecule has 12 heteroatoms. The van der Waals surface area contributed by atoms with Crippen molar-refractivity contribution in [2.24, 2.45) is 18.7 Å². The summed E-state index contributed by atoms with van der Waals surface area (Å²) in [6.07, 6.45) is 3.71.